The number of nitrogens with one attached hydrogen (secondary N) is 2. The molecule has 0 unspecified atom stereocenters. The van der Waals surface area contributed by atoms with E-state index in [1.54, 1.807) is 25.2 Å². The lowest BCUT2D eigenvalue weighted by Gasteiger charge is -2.18. The topological polar surface area (TPSA) is 96.2 Å². The number of halogens is 1. The van der Waals surface area contributed by atoms with Crippen LogP contribution in [0.15, 0.2) is 10.7 Å². The van der Waals surface area contributed by atoms with Gasteiger partial charge in [-0.15, -0.1) is 0 Å². The number of nitrogens with zero attached hydrogens (tertiary/aromatic N) is 3. The number of amides is 1. The standard InChI is InChI=1S/C8H13BrN6O/c1-11-6(16)4-15(2)7-5(9)3-12-8(13-7)14-10/h3H,4,10H2,1-2H3,(H,11,16)(H,12,13,14). The Labute approximate surface area is 102 Å². The van der Waals surface area contributed by atoms with Crippen molar-refractivity contribution in [1.29, 1.82) is 0 Å². The number of carbonyl (C=O) groups is 1. The molecule has 1 heterocycles. The van der Waals surface area contributed by atoms with Gasteiger partial charge in [0.05, 0.1) is 11.0 Å². The maximum Gasteiger partial charge on any atom is 0.239 e. The molecule has 1 rings (SSSR count). The van der Waals surface area contributed by atoms with Crippen LogP contribution in [0.2, 0.25) is 0 Å². The van der Waals surface area contributed by atoms with Crippen molar-refractivity contribution in [3.63, 3.8) is 0 Å². The first-order chi connectivity index (χ1) is 7.58. The number of nitrogen functional groups attached to an aromatic ring is 1. The van der Waals surface area contributed by atoms with Crippen LogP contribution in [0.4, 0.5) is 11.8 Å². The number of hydrazine groups is 1. The van der Waals surface area contributed by atoms with Crippen LogP contribution in [0, 0.1) is 0 Å². The molecular formula is C8H13BrN6O. The minimum Gasteiger partial charge on any atom is -0.358 e. The Bertz CT molecular complexity index is 385. The minimum absolute atomic E-state index is 0.102. The predicted molar refractivity (Wildman–Crippen MR) is 64.9 cm³/mol. The summed E-state index contributed by atoms with van der Waals surface area (Å²) in [6, 6.07) is 0. The van der Waals surface area contributed by atoms with Crippen molar-refractivity contribution in [1.82, 2.24) is 15.3 Å². The zero-order valence-corrected chi connectivity index (χ0v) is 10.6. The number of aromatic nitrogens is 2. The lowest BCUT2D eigenvalue weighted by Crippen LogP contribution is -2.33. The molecule has 4 N–H and O–H groups in total. The van der Waals surface area contributed by atoms with Crippen LogP contribution >= 0.6 is 15.9 Å². The van der Waals surface area contributed by atoms with Crippen molar-refractivity contribution in [2.24, 2.45) is 5.84 Å². The van der Waals surface area contributed by atoms with Crippen molar-refractivity contribution < 1.29 is 4.79 Å². The molecule has 0 aromatic carbocycles. The molecule has 0 bridgehead atoms. The molecule has 0 fully saturated rings. The van der Waals surface area contributed by atoms with Crippen molar-refractivity contribution in [3.05, 3.63) is 10.7 Å². The van der Waals surface area contributed by atoms with E-state index in [0.717, 1.165) is 0 Å². The number of nitrogens with two attached hydrogens (primary N) is 1. The molecular weight excluding hydrogens is 276 g/mol. The maximum atomic E-state index is 11.2. The van der Waals surface area contributed by atoms with Gasteiger partial charge >= 0.3 is 0 Å². The molecule has 0 saturated carbocycles. The van der Waals surface area contributed by atoms with Gasteiger partial charge in [0, 0.05) is 20.3 Å². The average molecular weight is 289 g/mol. The summed E-state index contributed by atoms with van der Waals surface area (Å²) in [6.07, 6.45) is 1.57. The van der Waals surface area contributed by atoms with E-state index in [2.05, 4.69) is 36.6 Å². The molecule has 0 saturated heterocycles. The SMILES string of the molecule is CNC(=O)CN(C)c1nc(NN)ncc1Br. The van der Waals surface area contributed by atoms with Gasteiger partial charge in [-0.3, -0.25) is 10.2 Å². The van der Waals surface area contributed by atoms with Crippen molar-refractivity contribution in [2.45, 2.75) is 0 Å². The summed E-state index contributed by atoms with van der Waals surface area (Å²) in [6.45, 7) is 0.204. The fraction of sp³-hybridized carbons (Fsp3) is 0.375. The van der Waals surface area contributed by atoms with Crippen LogP contribution in [0.5, 0.6) is 0 Å². The molecule has 7 nitrogen and oxygen atoms in total. The van der Waals surface area contributed by atoms with Crippen LogP contribution in [-0.4, -0.2) is 36.5 Å². The molecule has 88 valence electrons. The van der Waals surface area contributed by atoms with Crippen molar-refractivity contribution >= 4 is 33.6 Å². The van der Waals surface area contributed by atoms with Crippen LogP contribution in [0.25, 0.3) is 0 Å². The molecule has 0 aliphatic rings. The third kappa shape index (κ3) is 3.04. The molecule has 1 aromatic heterocycles. The Morgan fingerprint density at radius 2 is 2.38 bits per heavy atom. The van der Waals surface area contributed by atoms with E-state index in [1.165, 1.54) is 0 Å². The zero-order chi connectivity index (χ0) is 12.1. The summed E-state index contributed by atoms with van der Waals surface area (Å²) < 4.78 is 0.693. The minimum atomic E-state index is -0.102. The fourth-order valence-electron chi connectivity index (χ4n) is 1.06. The summed E-state index contributed by atoms with van der Waals surface area (Å²) >= 11 is 3.31. The first-order valence-electron chi connectivity index (χ1n) is 4.49. The Kier molecular flexibility index (Phi) is 4.44. The second kappa shape index (κ2) is 5.61. The second-order valence-electron chi connectivity index (χ2n) is 3.04. The highest BCUT2D eigenvalue weighted by Crippen LogP contribution is 2.22. The Morgan fingerprint density at radius 1 is 1.69 bits per heavy atom. The van der Waals surface area contributed by atoms with E-state index in [-0.39, 0.29) is 12.5 Å². The van der Waals surface area contributed by atoms with Crippen molar-refractivity contribution in [2.75, 3.05) is 31.0 Å². The molecule has 0 atom stereocenters. The number of rotatable bonds is 4. The second-order valence-corrected chi connectivity index (χ2v) is 3.89. The lowest BCUT2D eigenvalue weighted by atomic mass is 10.4. The van der Waals surface area contributed by atoms with E-state index < -0.39 is 0 Å². The quantitative estimate of drug-likeness (QED) is 0.520. The number of carbonyl (C=O) groups excluding carboxylic acids is 1. The largest absolute Gasteiger partial charge is 0.358 e. The highest BCUT2D eigenvalue weighted by molar-refractivity contribution is 9.10. The highest BCUT2D eigenvalue weighted by atomic mass is 79.9. The molecule has 0 aliphatic carbocycles. The van der Waals surface area contributed by atoms with E-state index in [0.29, 0.717) is 16.2 Å². The Balaban J connectivity index is 2.88. The first kappa shape index (κ1) is 12.7. The normalized spacial score (nSPS) is 9.75. The van der Waals surface area contributed by atoms with E-state index in [4.69, 9.17) is 5.84 Å². The number of anilines is 2. The number of hydrogen-bond donors (Lipinski definition) is 3. The summed E-state index contributed by atoms with van der Waals surface area (Å²) in [4.78, 5) is 20.9. The van der Waals surface area contributed by atoms with Crippen LogP contribution in [0.1, 0.15) is 0 Å². The van der Waals surface area contributed by atoms with Crippen LogP contribution in [0.3, 0.4) is 0 Å². The molecule has 1 aromatic rings. The Hall–Kier alpha value is -1.41. The summed E-state index contributed by atoms with van der Waals surface area (Å²) in [5, 5.41) is 2.53. The van der Waals surface area contributed by atoms with Gasteiger partial charge in [0.25, 0.3) is 0 Å². The molecule has 8 heteroatoms. The number of hydrogen-bond acceptors (Lipinski definition) is 6. The average Bonchev–Trinajstić information content (AvgIpc) is 2.29. The zero-order valence-electron chi connectivity index (χ0n) is 8.99. The van der Waals surface area contributed by atoms with E-state index >= 15 is 0 Å². The van der Waals surface area contributed by atoms with Crippen molar-refractivity contribution in [3.8, 4) is 0 Å². The van der Waals surface area contributed by atoms with Crippen LogP contribution < -0.4 is 21.5 Å². The van der Waals surface area contributed by atoms with Gasteiger partial charge in [0.1, 0.15) is 5.82 Å². The summed E-state index contributed by atoms with van der Waals surface area (Å²) in [5.74, 6) is 5.99. The molecule has 0 spiro atoms. The lowest BCUT2D eigenvalue weighted by molar-refractivity contribution is -0.119. The fourth-order valence-corrected chi connectivity index (χ4v) is 1.56. The maximum absolute atomic E-state index is 11.2. The van der Waals surface area contributed by atoms with Crippen LogP contribution in [-0.2, 0) is 4.79 Å². The molecule has 0 aliphatic heterocycles. The first-order valence-corrected chi connectivity index (χ1v) is 5.28. The van der Waals surface area contributed by atoms with Gasteiger partial charge in [0.2, 0.25) is 11.9 Å². The predicted octanol–water partition coefficient (Wildman–Crippen LogP) is -0.293. The molecule has 0 radical (unpaired) electrons. The van der Waals surface area contributed by atoms with E-state index in [9.17, 15) is 4.79 Å². The molecule has 1 amide bonds. The third-order valence-corrected chi connectivity index (χ3v) is 2.44. The van der Waals surface area contributed by atoms with E-state index in [1.807, 2.05) is 0 Å². The monoisotopic (exact) mass is 288 g/mol. The van der Waals surface area contributed by atoms with Gasteiger partial charge < -0.3 is 10.2 Å². The highest BCUT2D eigenvalue weighted by Gasteiger charge is 2.12. The smallest absolute Gasteiger partial charge is 0.239 e. The number of likely N-dealkylation sites (N-methyl/N-ethyl adjacent to an activating group) is 2. The summed E-state index contributed by atoms with van der Waals surface area (Å²) in [7, 11) is 3.33. The third-order valence-electron chi connectivity index (χ3n) is 1.88. The van der Waals surface area contributed by atoms with Gasteiger partial charge in [-0.25, -0.2) is 10.8 Å². The van der Waals surface area contributed by atoms with Gasteiger partial charge in [-0.2, -0.15) is 4.98 Å². The van der Waals surface area contributed by atoms with Gasteiger partial charge in [-0.05, 0) is 15.9 Å². The van der Waals surface area contributed by atoms with Gasteiger partial charge in [0.15, 0.2) is 0 Å². The van der Waals surface area contributed by atoms with Gasteiger partial charge in [-0.1, -0.05) is 0 Å². The molecule has 16 heavy (non-hydrogen) atoms. The summed E-state index contributed by atoms with van der Waals surface area (Å²) in [5.41, 5.74) is 2.35. The Morgan fingerprint density at radius 3 is 2.94 bits per heavy atom.